The van der Waals surface area contributed by atoms with Crippen LogP contribution in [0.4, 0.5) is 0 Å². The van der Waals surface area contributed by atoms with E-state index < -0.39 is 37.3 Å². The van der Waals surface area contributed by atoms with E-state index in [1.807, 2.05) is 6.92 Å². The predicted octanol–water partition coefficient (Wildman–Crippen LogP) is 0.942. The zero-order valence-corrected chi connectivity index (χ0v) is 13.7. The van der Waals surface area contributed by atoms with Gasteiger partial charge < -0.3 is 29.9 Å². The van der Waals surface area contributed by atoms with E-state index in [1.54, 1.807) is 0 Å². The molecule has 4 N–H and O–H groups in total. The van der Waals surface area contributed by atoms with Crippen molar-refractivity contribution in [3.63, 3.8) is 0 Å². The summed E-state index contributed by atoms with van der Waals surface area (Å²) in [5.74, 6) is 0. The van der Waals surface area contributed by atoms with Crippen LogP contribution in [-0.4, -0.2) is 63.8 Å². The number of hydrogen-bond donors (Lipinski definition) is 4. The van der Waals surface area contributed by atoms with Crippen molar-refractivity contribution < 1.29 is 29.9 Å². The minimum atomic E-state index is -1.38. The number of aliphatic hydroxyl groups is 4. The molecular weight excluding hydrogens is 288 g/mol. The van der Waals surface area contributed by atoms with E-state index >= 15 is 0 Å². The highest BCUT2D eigenvalue weighted by molar-refractivity contribution is 4.89. The van der Waals surface area contributed by atoms with Gasteiger partial charge >= 0.3 is 0 Å². The summed E-state index contributed by atoms with van der Waals surface area (Å²) < 4.78 is 11.0. The van der Waals surface area contributed by atoms with Crippen LogP contribution in [0, 0.1) is 0 Å². The van der Waals surface area contributed by atoms with Crippen LogP contribution in [0.1, 0.15) is 58.8 Å². The minimum Gasteiger partial charge on any atom is -0.394 e. The van der Waals surface area contributed by atoms with Crippen LogP contribution < -0.4 is 0 Å². The van der Waals surface area contributed by atoms with Crippen molar-refractivity contribution in [3.8, 4) is 0 Å². The fourth-order valence-corrected chi connectivity index (χ4v) is 2.69. The SMILES string of the molecule is CCCCCCCCC(C)OC1O[C@H](CO)[C@H](O)[C@H](O)[C@H]1O. The summed E-state index contributed by atoms with van der Waals surface area (Å²) in [6, 6.07) is 0. The van der Waals surface area contributed by atoms with Gasteiger partial charge in [-0.2, -0.15) is 0 Å². The van der Waals surface area contributed by atoms with Crippen molar-refractivity contribution in [1.82, 2.24) is 0 Å². The second kappa shape index (κ2) is 10.5. The van der Waals surface area contributed by atoms with Gasteiger partial charge in [-0.05, 0) is 13.3 Å². The summed E-state index contributed by atoms with van der Waals surface area (Å²) in [5, 5.41) is 38.4. The minimum absolute atomic E-state index is 0.118. The lowest BCUT2D eigenvalue weighted by Crippen LogP contribution is -2.59. The lowest BCUT2D eigenvalue weighted by Gasteiger charge is -2.40. The molecule has 0 amide bonds. The monoisotopic (exact) mass is 320 g/mol. The van der Waals surface area contributed by atoms with Crippen LogP contribution in [0.2, 0.25) is 0 Å². The summed E-state index contributed by atoms with van der Waals surface area (Å²) in [6.07, 6.45) is 1.96. The van der Waals surface area contributed by atoms with Gasteiger partial charge in [-0.1, -0.05) is 45.4 Å². The van der Waals surface area contributed by atoms with Gasteiger partial charge in [-0.3, -0.25) is 0 Å². The Balaban J connectivity index is 2.29. The number of aliphatic hydroxyl groups excluding tert-OH is 4. The van der Waals surface area contributed by atoms with Crippen molar-refractivity contribution >= 4 is 0 Å². The first kappa shape index (κ1) is 19.8. The largest absolute Gasteiger partial charge is 0.394 e. The molecule has 132 valence electrons. The highest BCUT2D eigenvalue weighted by Crippen LogP contribution is 2.23. The number of rotatable bonds is 10. The van der Waals surface area contributed by atoms with Gasteiger partial charge in [0.15, 0.2) is 6.29 Å². The Bertz CT molecular complexity index is 286. The van der Waals surface area contributed by atoms with Gasteiger partial charge in [0.1, 0.15) is 24.4 Å². The fraction of sp³-hybridized carbons (Fsp3) is 1.00. The summed E-state index contributed by atoms with van der Waals surface area (Å²) in [6.45, 7) is 3.65. The molecule has 0 saturated carbocycles. The number of hydrogen-bond acceptors (Lipinski definition) is 6. The zero-order chi connectivity index (χ0) is 16.5. The van der Waals surface area contributed by atoms with Gasteiger partial charge in [0.05, 0.1) is 12.7 Å². The van der Waals surface area contributed by atoms with Crippen molar-refractivity contribution in [3.05, 3.63) is 0 Å². The summed E-state index contributed by atoms with van der Waals surface area (Å²) in [5.41, 5.74) is 0. The molecular formula is C16H32O6. The van der Waals surface area contributed by atoms with Crippen molar-refractivity contribution in [1.29, 1.82) is 0 Å². The maximum absolute atomic E-state index is 9.90. The first-order chi connectivity index (χ1) is 10.5. The topological polar surface area (TPSA) is 99.4 Å². The molecule has 1 rings (SSSR count). The third-order valence-corrected chi connectivity index (χ3v) is 4.18. The molecule has 0 radical (unpaired) electrons. The second-order valence-electron chi connectivity index (χ2n) is 6.20. The lowest BCUT2D eigenvalue weighted by molar-refractivity contribution is -0.310. The van der Waals surface area contributed by atoms with Gasteiger partial charge in [-0.25, -0.2) is 0 Å². The first-order valence-corrected chi connectivity index (χ1v) is 8.47. The Hall–Kier alpha value is -0.240. The molecule has 0 spiro atoms. The van der Waals surface area contributed by atoms with Gasteiger partial charge in [-0.15, -0.1) is 0 Å². The molecule has 1 fully saturated rings. The Morgan fingerprint density at radius 3 is 2.23 bits per heavy atom. The Morgan fingerprint density at radius 2 is 1.59 bits per heavy atom. The van der Waals surface area contributed by atoms with E-state index in [2.05, 4.69) is 6.92 Å². The molecule has 6 heteroatoms. The summed E-state index contributed by atoms with van der Waals surface area (Å²) >= 11 is 0. The number of ether oxygens (including phenoxy) is 2. The molecule has 0 aromatic carbocycles. The zero-order valence-electron chi connectivity index (χ0n) is 13.7. The quantitative estimate of drug-likeness (QED) is 0.447. The van der Waals surface area contributed by atoms with Gasteiger partial charge in [0.2, 0.25) is 0 Å². The fourth-order valence-electron chi connectivity index (χ4n) is 2.69. The standard InChI is InChI=1S/C16H32O6/c1-3-4-5-6-7-8-9-11(2)21-16-15(20)14(19)13(18)12(10-17)22-16/h11-20H,3-10H2,1-2H3/t11?,12-,13+,14+,15-,16?/m1/s1. The van der Waals surface area contributed by atoms with E-state index in [-0.39, 0.29) is 6.10 Å². The smallest absolute Gasteiger partial charge is 0.186 e. The van der Waals surface area contributed by atoms with Crippen molar-refractivity contribution in [2.75, 3.05) is 6.61 Å². The van der Waals surface area contributed by atoms with Gasteiger partial charge in [0, 0.05) is 0 Å². The summed E-state index contributed by atoms with van der Waals surface area (Å²) in [7, 11) is 0. The van der Waals surface area contributed by atoms with Crippen LogP contribution in [0.25, 0.3) is 0 Å². The van der Waals surface area contributed by atoms with Crippen LogP contribution in [0.15, 0.2) is 0 Å². The molecule has 1 saturated heterocycles. The van der Waals surface area contributed by atoms with E-state index in [4.69, 9.17) is 14.6 Å². The van der Waals surface area contributed by atoms with E-state index in [0.717, 1.165) is 19.3 Å². The average molecular weight is 320 g/mol. The van der Waals surface area contributed by atoms with Crippen LogP contribution in [0.3, 0.4) is 0 Å². The predicted molar refractivity (Wildman–Crippen MR) is 82.3 cm³/mol. The van der Waals surface area contributed by atoms with Crippen molar-refractivity contribution in [2.24, 2.45) is 0 Å². The molecule has 1 heterocycles. The summed E-state index contributed by atoms with van der Waals surface area (Å²) in [4.78, 5) is 0. The highest BCUT2D eigenvalue weighted by Gasteiger charge is 2.44. The molecule has 1 aliphatic rings. The first-order valence-electron chi connectivity index (χ1n) is 8.47. The average Bonchev–Trinajstić information content (AvgIpc) is 2.51. The molecule has 0 aliphatic carbocycles. The lowest BCUT2D eigenvalue weighted by atomic mass is 9.99. The van der Waals surface area contributed by atoms with Crippen LogP contribution in [0.5, 0.6) is 0 Å². The van der Waals surface area contributed by atoms with E-state index in [0.29, 0.717) is 0 Å². The maximum Gasteiger partial charge on any atom is 0.186 e. The highest BCUT2D eigenvalue weighted by atomic mass is 16.7. The van der Waals surface area contributed by atoms with Gasteiger partial charge in [0.25, 0.3) is 0 Å². The second-order valence-corrected chi connectivity index (χ2v) is 6.20. The van der Waals surface area contributed by atoms with Crippen LogP contribution in [-0.2, 0) is 9.47 Å². The molecule has 6 atom stereocenters. The molecule has 2 unspecified atom stereocenters. The molecule has 0 aromatic heterocycles. The third-order valence-electron chi connectivity index (χ3n) is 4.18. The Labute approximate surface area is 133 Å². The molecule has 1 aliphatic heterocycles. The third kappa shape index (κ3) is 6.10. The molecule has 0 aromatic rings. The molecule has 22 heavy (non-hydrogen) atoms. The van der Waals surface area contributed by atoms with Crippen LogP contribution >= 0.6 is 0 Å². The molecule has 0 bridgehead atoms. The normalized spacial score (nSPS) is 33.8. The van der Waals surface area contributed by atoms with E-state index in [9.17, 15) is 15.3 Å². The Morgan fingerprint density at radius 1 is 0.955 bits per heavy atom. The molecule has 6 nitrogen and oxygen atoms in total. The Kier molecular flexibility index (Phi) is 9.47. The van der Waals surface area contributed by atoms with Crippen molar-refractivity contribution in [2.45, 2.75) is 95.6 Å². The van der Waals surface area contributed by atoms with E-state index in [1.165, 1.54) is 25.7 Å². The number of unbranched alkanes of at least 4 members (excludes halogenated alkanes) is 5. The maximum atomic E-state index is 9.90.